The predicted octanol–water partition coefficient (Wildman–Crippen LogP) is 2.63. The molecule has 5 heteroatoms. The van der Waals surface area contributed by atoms with E-state index in [-0.39, 0.29) is 11.7 Å². The van der Waals surface area contributed by atoms with Crippen LogP contribution in [-0.2, 0) is 15.6 Å². The number of nitrogens with one attached hydrogen (secondary N) is 1. The van der Waals surface area contributed by atoms with Gasteiger partial charge in [0.25, 0.3) is 0 Å². The van der Waals surface area contributed by atoms with E-state index in [0.29, 0.717) is 16.3 Å². The SMILES string of the molecule is Cc1cccc(S(=O)CC(=O)Nc2cccc(N)c2C)c1. The first kappa shape index (κ1) is 15.3. The molecule has 2 rings (SSSR count). The highest BCUT2D eigenvalue weighted by Gasteiger charge is 2.12. The number of nitrogens with two attached hydrogens (primary N) is 1. The summed E-state index contributed by atoms with van der Waals surface area (Å²) in [5.41, 5.74) is 8.90. The summed E-state index contributed by atoms with van der Waals surface area (Å²) in [5, 5.41) is 2.75. The summed E-state index contributed by atoms with van der Waals surface area (Å²) in [4.78, 5) is 12.7. The minimum Gasteiger partial charge on any atom is -0.398 e. The Bertz CT molecular complexity index is 698. The van der Waals surface area contributed by atoms with Gasteiger partial charge < -0.3 is 11.1 Å². The van der Waals surface area contributed by atoms with Crippen LogP contribution in [-0.4, -0.2) is 15.9 Å². The number of anilines is 2. The minimum atomic E-state index is -1.35. The molecule has 0 fully saturated rings. The van der Waals surface area contributed by atoms with E-state index in [4.69, 9.17) is 5.73 Å². The van der Waals surface area contributed by atoms with Gasteiger partial charge in [0.15, 0.2) is 0 Å². The third-order valence-electron chi connectivity index (χ3n) is 3.16. The van der Waals surface area contributed by atoms with E-state index < -0.39 is 10.8 Å². The van der Waals surface area contributed by atoms with Crippen molar-refractivity contribution in [3.8, 4) is 0 Å². The van der Waals surface area contributed by atoms with E-state index in [1.54, 1.807) is 24.3 Å². The molecule has 2 aromatic rings. The van der Waals surface area contributed by atoms with Crippen LogP contribution in [0.15, 0.2) is 47.4 Å². The molecule has 1 unspecified atom stereocenters. The molecule has 1 amide bonds. The summed E-state index contributed by atoms with van der Waals surface area (Å²) < 4.78 is 12.2. The average Bonchev–Trinajstić information content (AvgIpc) is 2.44. The number of aryl methyl sites for hydroxylation is 1. The van der Waals surface area contributed by atoms with Crippen LogP contribution in [0, 0.1) is 13.8 Å². The molecule has 0 bridgehead atoms. The van der Waals surface area contributed by atoms with Crippen molar-refractivity contribution in [2.45, 2.75) is 18.7 Å². The molecule has 0 aliphatic carbocycles. The van der Waals surface area contributed by atoms with Crippen LogP contribution in [0.2, 0.25) is 0 Å². The van der Waals surface area contributed by atoms with E-state index in [2.05, 4.69) is 5.32 Å². The van der Waals surface area contributed by atoms with E-state index in [0.717, 1.165) is 11.1 Å². The first-order chi connectivity index (χ1) is 9.97. The molecule has 0 radical (unpaired) electrons. The Morgan fingerprint density at radius 1 is 1.19 bits per heavy atom. The summed E-state index contributed by atoms with van der Waals surface area (Å²) >= 11 is 0. The number of carbonyl (C=O) groups is 1. The second-order valence-corrected chi connectivity index (χ2v) is 6.33. The number of amides is 1. The van der Waals surface area contributed by atoms with Gasteiger partial charge in [0.05, 0.1) is 10.8 Å². The Morgan fingerprint density at radius 2 is 1.90 bits per heavy atom. The lowest BCUT2D eigenvalue weighted by atomic mass is 10.1. The standard InChI is InChI=1S/C16H18N2O2S/c1-11-5-3-6-13(9-11)21(20)10-16(19)18-15-8-4-7-14(17)12(15)2/h3-9H,10,17H2,1-2H3,(H,18,19). The van der Waals surface area contributed by atoms with Crippen molar-refractivity contribution in [3.63, 3.8) is 0 Å². The average molecular weight is 302 g/mol. The van der Waals surface area contributed by atoms with Gasteiger partial charge in [0.2, 0.25) is 5.91 Å². The van der Waals surface area contributed by atoms with Gasteiger partial charge in [-0.3, -0.25) is 9.00 Å². The first-order valence-corrected chi connectivity index (χ1v) is 7.89. The predicted molar refractivity (Wildman–Crippen MR) is 86.7 cm³/mol. The molecule has 1 atom stereocenters. The number of hydrogen-bond acceptors (Lipinski definition) is 3. The van der Waals surface area contributed by atoms with Crippen molar-refractivity contribution >= 4 is 28.1 Å². The molecule has 0 saturated heterocycles. The molecule has 0 aliphatic heterocycles. The van der Waals surface area contributed by atoms with E-state index >= 15 is 0 Å². The summed E-state index contributed by atoms with van der Waals surface area (Å²) in [7, 11) is -1.35. The van der Waals surface area contributed by atoms with Crippen LogP contribution >= 0.6 is 0 Å². The molecule has 0 aromatic heterocycles. The maximum atomic E-state index is 12.2. The molecule has 4 nitrogen and oxygen atoms in total. The van der Waals surface area contributed by atoms with Crippen LogP contribution in [0.25, 0.3) is 0 Å². The Labute approximate surface area is 126 Å². The second kappa shape index (κ2) is 6.54. The lowest BCUT2D eigenvalue weighted by molar-refractivity contribution is -0.113. The molecule has 0 spiro atoms. The van der Waals surface area contributed by atoms with Crippen molar-refractivity contribution < 1.29 is 9.00 Å². The van der Waals surface area contributed by atoms with Gasteiger partial charge in [-0.05, 0) is 49.2 Å². The maximum Gasteiger partial charge on any atom is 0.237 e. The van der Waals surface area contributed by atoms with Crippen molar-refractivity contribution in [1.82, 2.24) is 0 Å². The van der Waals surface area contributed by atoms with Crippen LogP contribution in [0.4, 0.5) is 11.4 Å². The molecule has 0 heterocycles. The van der Waals surface area contributed by atoms with Gasteiger partial charge in [-0.15, -0.1) is 0 Å². The second-order valence-electron chi connectivity index (χ2n) is 4.87. The van der Waals surface area contributed by atoms with Crippen molar-refractivity contribution in [1.29, 1.82) is 0 Å². The van der Waals surface area contributed by atoms with Crippen molar-refractivity contribution in [3.05, 3.63) is 53.6 Å². The molecular weight excluding hydrogens is 284 g/mol. The Hall–Kier alpha value is -2.14. The number of rotatable bonds is 4. The summed E-state index contributed by atoms with van der Waals surface area (Å²) in [5.74, 6) is -0.360. The number of benzene rings is 2. The smallest absolute Gasteiger partial charge is 0.237 e. The largest absolute Gasteiger partial charge is 0.398 e. The number of hydrogen-bond donors (Lipinski definition) is 2. The molecular formula is C16H18N2O2S. The third kappa shape index (κ3) is 3.92. The van der Waals surface area contributed by atoms with E-state index in [1.165, 1.54) is 0 Å². The van der Waals surface area contributed by atoms with Gasteiger partial charge in [0, 0.05) is 16.3 Å². The lowest BCUT2D eigenvalue weighted by Crippen LogP contribution is -2.20. The van der Waals surface area contributed by atoms with Gasteiger partial charge >= 0.3 is 0 Å². The fourth-order valence-electron chi connectivity index (χ4n) is 1.93. The molecule has 2 aromatic carbocycles. The van der Waals surface area contributed by atoms with Gasteiger partial charge in [-0.25, -0.2) is 0 Å². The zero-order valence-electron chi connectivity index (χ0n) is 12.1. The summed E-state index contributed by atoms with van der Waals surface area (Å²) in [6.45, 7) is 3.76. The van der Waals surface area contributed by atoms with Crippen LogP contribution in [0.3, 0.4) is 0 Å². The third-order valence-corrected chi connectivity index (χ3v) is 4.47. The van der Waals surface area contributed by atoms with Crippen molar-refractivity contribution in [2.24, 2.45) is 0 Å². The van der Waals surface area contributed by atoms with E-state index in [1.807, 2.05) is 32.0 Å². The molecule has 0 aliphatic rings. The van der Waals surface area contributed by atoms with Crippen molar-refractivity contribution in [2.75, 3.05) is 16.8 Å². The quantitative estimate of drug-likeness (QED) is 0.853. The minimum absolute atomic E-state index is 0.0717. The Morgan fingerprint density at radius 3 is 2.62 bits per heavy atom. The number of nitrogen functional groups attached to an aromatic ring is 1. The van der Waals surface area contributed by atoms with Gasteiger partial charge in [0.1, 0.15) is 5.75 Å². The zero-order chi connectivity index (χ0) is 15.4. The highest BCUT2D eigenvalue weighted by molar-refractivity contribution is 7.85. The molecule has 0 saturated carbocycles. The zero-order valence-corrected chi connectivity index (χ0v) is 12.9. The lowest BCUT2D eigenvalue weighted by Gasteiger charge is -2.10. The first-order valence-electron chi connectivity index (χ1n) is 6.57. The molecule has 3 N–H and O–H groups in total. The van der Waals surface area contributed by atoms with Crippen LogP contribution in [0.5, 0.6) is 0 Å². The highest BCUT2D eigenvalue weighted by atomic mass is 32.2. The molecule has 110 valence electrons. The fraction of sp³-hybridized carbons (Fsp3) is 0.188. The van der Waals surface area contributed by atoms with E-state index in [9.17, 15) is 9.00 Å². The topological polar surface area (TPSA) is 72.2 Å². The normalized spacial score (nSPS) is 11.9. The van der Waals surface area contributed by atoms with Crippen LogP contribution in [0.1, 0.15) is 11.1 Å². The van der Waals surface area contributed by atoms with Gasteiger partial charge in [-0.2, -0.15) is 0 Å². The summed E-state index contributed by atoms with van der Waals surface area (Å²) in [6, 6.07) is 12.7. The maximum absolute atomic E-state index is 12.2. The van der Waals surface area contributed by atoms with Crippen LogP contribution < -0.4 is 11.1 Å². The number of carbonyl (C=O) groups excluding carboxylic acids is 1. The molecule has 21 heavy (non-hydrogen) atoms. The fourth-order valence-corrected chi connectivity index (χ4v) is 2.96. The summed E-state index contributed by atoms with van der Waals surface area (Å²) in [6.07, 6.45) is 0. The Kier molecular flexibility index (Phi) is 4.75. The Balaban J connectivity index is 2.05. The monoisotopic (exact) mass is 302 g/mol. The van der Waals surface area contributed by atoms with Gasteiger partial charge in [-0.1, -0.05) is 18.2 Å². The highest BCUT2D eigenvalue weighted by Crippen LogP contribution is 2.20.